The molecule has 0 aliphatic carbocycles. The monoisotopic (exact) mass is 342 g/mol. The van der Waals surface area contributed by atoms with Crippen LogP contribution in [0.2, 0.25) is 0 Å². The lowest BCUT2D eigenvalue weighted by molar-refractivity contribution is 0.0697. The third kappa shape index (κ3) is 2.93. The maximum Gasteiger partial charge on any atom is 0.339 e. The first-order chi connectivity index (χ1) is 9.38. The van der Waals surface area contributed by atoms with Crippen molar-refractivity contribution in [1.29, 1.82) is 0 Å². The van der Waals surface area contributed by atoms with Crippen LogP contribution in [0.25, 0.3) is 0 Å². The number of halogens is 3. The molecule has 104 valence electrons. The van der Waals surface area contributed by atoms with Gasteiger partial charge in [-0.3, -0.25) is 4.98 Å². The molecule has 2 rings (SSSR count). The van der Waals surface area contributed by atoms with Crippen molar-refractivity contribution < 1.29 is 18.7 Å². The Morgan fingerprint density at radius 3 is 2.60 bits per heavy atom. The molecule has 1 heterocycles. The maximum absolute atomic E-state index is 13.7. The average molecular weight is 343 g/mol. The van der Waals surface area contributed by atoms with Crippen LogP contribution in [-0.2, 0) is 0 Å². The Balaban J connectivity index is 2.47. The highest BCUT2D eigenvalue weighted by molar-refractivity contribution is 9.10. The molecule has 0 spiro atoms. The molecule has 2 N–H and O–H groups in total. The van der Waals surface area contributed by atoms with E-state index in [-0.39, 0.29) is 21.4 Å². The maximum atomic E-state index is 13.7. The standard InChI is InChI=1S/C13H9BrF2N2O2/c1-6-2-11(7(5-17-6)13(19)20)18-12-3-8(14)9(15)4-10(12)16/h2-5H,1H3,(H,17,18)(H,19,20). The van der Waals surface area contributed by atoms with Crippen molar-refractivity contribution in [1.82, 2.24) is 4.98 Å². The number of carboxylic acids is 1. The van der Waals surface area contributed by atoms with E-state index < -0.39 is 17.6 Å². The van der Waals surface area contributed by atoms with E-state index in [2.05, 4.69) is 26.2 Å². The van der Waals surface area contributed by atoms with Crippen molar-refractivity contribution in [3.63, 3.8) is 0 Å². The fourth-order valence-corrected chi connectivity index (χ4v) is 1.94. The summed E-state index contributed by atoms with van der Waals surface area (Å²) in [6.07, 6.45) is 1.18. The fourth-order valence-electron chi connectivity index (χ4n) is 1.60. The van der Waals surface area contributed by atoms with Crippen LogP contribution in [0.1, 0.15) is 16.1 Å². The van der Waals surface area contributed by atoms with Crippen LogP contribution < -0.4 is 5.32 Å². The lowest BCUT2D eigenvalue weighted by atomic mass is 10.2. The van der Waals surface area contributed by atoms with Gasteiger partial charge in [-0.2, -0.15) is 0 Å². The number of hydrogen-bond acceptors (Lipinski definition) is 3. The quantitative estimate of drug-likeness (QED) is 0.831. The summed E-state index contributed by atoms with van der Waals surface area (Å²) < 4.78 is 26.9. The molecule has 0 saturated carbocycles. The summed E-state index contributed by atoms with van der Waals surface area (Å²) >= 11 is 2.95. The first-order valence-electron chi connectivity index (χ1n) is 5.50. The number of anilines is 2. The molecule has 7 heteroatoms. The second kappa shape index (κ2) is 5.54. The molecule has 1 aromatic carbocycles. The van der Waals surface area contributed by atoms with Crippen molar-refractivity contribution in [3.8, 4) is 0 Å². The van der Waals surface area contributed by atoms with Gasteiger partial charge in [-0.05, 0) is 35.0 Å². The normalized spacial score (nSPS) is 10.4. The van der Waals surface area contributed by atoms with Gasteiger partial charge in [-0.25, -0.2) is 13.6 Å². The number of benzene rings is 1. The van der Waals surface area contributed by atoms with Crippen molar-refractivity contribution in [2.75, 3.05) is 5.32 Å². The van der Waals surface area contributed by atoms with Gasteiger partial charge in [-0.15, -0.1) is 0 Å². The number of aromatic nitrogens is 1. The molecule has 0 atom stereocenters. The van der Waals surface area contributed by atoms with Crippen molar-refractivity contribution in [2.24, 2.45) is 0 Å². The summed E-state index contributed by atoms with van der Waals surface area (Å²) in [4.78, 5) is 15.0. The van der Waals surface area contributed by atoms with E-state index in [0.29, 0.717) is 11.8 Å². The third-order valence-corrected chi connectivity index (χ3v) is 3.16. The first kappa shape index (κ1) is 14.4. The number of carboxylic acid groups (broad SMARTS) is 1. The lowest BCUT2D eigenvalue weighted by Gasteiger charge is -2.11. The molecule has 0 bridgehead atoms. The van der Waals surface area contributed by atoms with Crippen LogP contribution in [0.5, 0.6) is 0 Å². The Kier molecular flexibility index (Phi) is 3.99. The van der Waals surface area contributed by atoms with Gasteiger partial charge < -0.3 is 10.4 Å². The SMILES string of the molecule is Cc1cc(Nc2cc(Br)c(F)cc2F)c(C(=O)O)cn1. The van der Waals surface area contributed by atoms with E-state index in [0.717, 1.165) is 0 Å². The molecule has 4 nitrogen and oxygen atoms in total. The van der Waals surface area contributed by atoms with Crippen LogP contribution >= 0.6 is 15.9 Å². The molecule has 0 radical (unpaired) electrons. The number of hydrogen-bond donors (Lipinski definition) is 2. The number of pyridine rings is 1. The van der Waals surface area contributed by atoms with Gasteiger partial charge in [0.2, 0.25) is 0 Å². The Hall–Kier alpha value is -2.02. The van der Waals surface area contributed by atoms with E-state index in [4.69, 9.17) is 5.11 Å². The molecule has 0 amide bonds. The Morgan fingerprint density at radius 2 is 1.95 bits per heavy atom. The summed E-state index contributed by atoms with van der Waals surface area (Å²) in [5, 5.41) is 11.7. The second-order valence-corrected chi connectivity index (χ2v) is 4.90. The third-order valence-electron chi connectivity index (χ3n) is 2.55. The summed E-state index contributed by atoms with van der Waals surface area (Å²) in [6, 6.07) is 3.38. The lowest BCUT2D eigenvalue weighted by Crippen LogP contribution is -2.05. The molecule has 0 aliphatic rings. The number of aromatic carboxylic acids is 1. The highest BCUT2D eigenvalue weighted by atomic mass is 79.9. The van der Waals surface area contributed by atoms with Crippen LogP contribution in [0, 0.1) is 18.6 Å². The van der Waals surface area contributed by atoms with Crippen LogP contribution in [-0.4, -0.2) is 16.1 Å². The van der Waals surface area contributed by atoms with E-state index in [1.165, 1.54) is 18.3 Å². The summed E-state index contributed by atoms with van der Waals surface area (Å²) in [5.74, 6) is -2.75. The molecule has 20 heavy (non-hydrogen) atoms. The fraction of sp³-hybridized carbons (Fsp3) is 0.0769. The van der Waals surface area contributed by atoms with Gasteiger partial charge in [0, 0.05) is 18.0 Å². The van der Waals surface area contributed by atoms with Gasteiger partial charge in [0.25, 0.3) is 0 Å². The number of nitrogens with one attached hydrogen (secondary N) is 1. The Labute approximate surface area is 121 Å². The van der Waals surface area contributed by atoms with Crippen molar-refractivity contribution >= 4 is 33.3 Å². The zero-order valence-electron chi connectivity index (χ0n) is 10.2. The van der Waals surface area contributed by atoms with E-state index in [1.807, 2.05) is 0 Å². The smallest absolute Gasteiger partial charge is 0.339 e. The molecule has 0 aliphatic heterocycles. The average Bonchev–Trinajstić information content (AvgIpc) is 2.35. The van der Waals surface area contributed by atoms with Gasteiger partial charge in [-0.1, -0.05) is 0 Å². The van der Waals surface area contributed by atoms with Gasteiger partial charge >= 0.3 is 5.97 Å². The Morgan fingerprint density at radius 1 is 1.25 bits per heavy atom. The minimum absolute atomic E-state index is 0.0358. The summed E-state index contributed by atoms with van der Waals surface area (Å²) in [6.45, 7) is 1.67. The van der Waals surface area contributed by atoms with Crippen LogP contribution in [0.3, 0.4) is 0 Å². The minimum Gasteiger partial charge on any atom is -0.478 e. The second-order valence-electron chi connectivity index (χ2n) is 4.05. The first-order valence-corrected chi connectivity index (χ1v) is 6.29. The number of rotatable bonds is 3. The largest absolute Gasteiger partial charge is 0.478 e. The van der Waals surface area contributed by atoms with Crippen LogP contribution in [0.4, 0.5) is 20.2 Å². The van der Waals surface area contributed by atoms with Crippen molar-refractivity contribution in [3.05, 3.63) is 51.8 Å². The number of aryl methyl sites for hydroxylation is 1. The highest BCUT2D eigenvalue weighted by Crippen LogP contribution is 2.28. The van der Waals surface area contributed by atoms with Crippen LogP contribution in [0.15, 0.2) is 28.9 Å². The molecule has 0 fully saturated rings. The van der Waals surface area contributed by atoms with Gasteiger partial charge in [0.05, 0.1) is 15.8 Å². The zero-order valence-corrected chi connectivity index (χ0v) is 11.8. The predicted octanol–water partition coefficient (Wildman–Crippen LogP) is 3.87. The molecule has 2 aromatic rings. The van der Waals surface area contributed by atoms with E-state index >= 15 is 0 Å². The molecule has 0 unspecified atom stereocenters. The molecule has 0 saturated heterocycles. The number of nitrogens with zero attached hydrogens (tertiary/aromatic N) is 1. The minimum atomic E-state index is -1.19. The van der Waals surface area contributed by atoms with Crippen molar-refractivity contribution in [2.45, 2.75) is 6.92 Å². The van der Waals surface area contributed by atoms with Gasteiger partial charge in [0.1, 0.15) is 17.2 Å². The van der Waals surface area contributed by atoms with Gasteiger partial charge in [0.15, 0.2) is 0 Å². The Bertz CT molecular complexity index is 692. The molecular weight excluding hydrogens is 334 g/mol. The van der Waals surface area contributed by atoms with E-state index in [1.54, 1.807) is 6.92 Å². The highest BCUT2D eigenvalue weighted by Gasteiger charge is 2.14. The molecular formula is C13H9BrF2N2O2. The van der Waals surface area contributed by atoms with E-state index in [9.17, 15) is 13.6 Å². The topological polar surface area (TPSA) is 62.2 Å². The molecule has 1 aromatic heterocycles. The predicted molar refractivity (Wildman–Crippen MR) is 73.3 cm³/mol. The zero-order chi connectivity index (χ0) is 14.9. The number of carbonyl (C=O) groups is 1. The summed E-state index contributed by atoms with van der Waals surface area (Å²) in [7, 11) is 0. The summed E-state index contributed by atoms with van der Waals surface area (Å²) in [5.41, 5.74) is 0.614.